The molecule has 4 aliphatic rings. The van der Waals surface area contributed by atoms with E-state index in [0.717, 1.165) is 82.3 Å². The summed E-state index contributed by atoms with van der Waals surface area (Å²) in [5.41, 5.74) is 1.23. The van der Waals surface area contributed by atoms with E-state index in [1.54, 1.807) is 0 Å². The highest BCUT2D eigenvalue weighted by Gasteiger charge is 2.30. The van der Waals surface area contributed by atoms with Gasteiger partial charge in [-0.05, 0) is 83.1 Å². The van der Waals surface area contributed by atoms with E-state index >= 15 is 0 Å². The summed E-state index contributed by atoms with van der Waals surface area (Å²) < 4.78 is 0. The molecule has 1 aliphatic heterocycles. The van der Waals surface area contributed by atoms with Crippen LogP contribution in [0.4, 0.5) is 5.82 Å². The Bertz CT molecular complexity index is 919. The van der Waals surface area contributed by atoms with Crippen LogP contribution in [0.5, 0.6) is 0 Å². The molecule has 38 heavy (non-hydrogen) atoms. The van der Waals surface area contributed by atoms with Crippen molar-refractivity contribution in [2.24, 2.45) is 11.8 Å². The van der Waals surface area contributed by atoms with Gasteiger partial charge in [0.05, 0.1) is 6.10 Å². The van der Waals surface area contributed by atoms with Crippen molar-refractivity contribution in [1.82, 2.24) is 20.2 Å². The summed E-state index contributed by atoms with van der Waals surface area (Å²) in [4.78, 5) is 27.8. The van der Waals surface area contributed by atoms with E-state index in [0.29, 0.717) is 12.0 Å². The highest BCUT2D eigenvalue weighted by atomic mass is 16.3. The second-order valence-corrected chi connectivity index (χ2v) is 13.7. The maximum absolute atomic E-state index is 12.6. The van der Waals surface area contributed by atoms with Crippen LogP contribution < -0.4 is 10.2 Å². The largest absolute Gasteiger partial charge is 0.393 e. The molecule has 3 saturated carbocycles. The first-order valence-electron chi connectivity index (χ1n) is 15.6. The molecule has 1 amide bonds. The summed E-state index contributed by atoms with van der Waals surface area (Å²) >= 11 is 0. The molecule has 0 radical (unpaired) electrons. The van der Waals surface area contributed by atoms with Crippen molar-refractivity contribution in [1.29, 1.82) is 0 Å². The van der Waals surface area contributed by atoms with Crippen LogP contribution in [0.25, 0.3) is 0 Å². The van der Waals surface area contributed by atoms with Gasteiger partial charge in [0, 0.05) is 61.2 Å². The lowest BCUT2D eigenvalue weighted by Crippen LogP contribution is -2.47. The van der Waals surface area contributed by atoms with E-state index < -0.39 is 0 Å². The van der Waals surface area contributed by atoms with E-state index in [4.69, 9.17) is 9.97 Å². The van der Waals surface area contributed by atoms with Crippen LogP contribution in [0.15, 0.2) is 6.07 Å². The number of anilines is 1. The molecule has 2 N–H and O–H groups in total. The van der Waals surface area contributed by atoms with Gasteiger partial charge in [-0.1, -0.05) is 27.2 Å². The minimum atomic E-state index is -0.198. The Hall–Kier alpha value is -1.73. The summed E-state index contributed by atoms with van der Waals surface area (Å²) in [6.45, 7) is 12.1. The van der Waals surface area contributed by atoms with Crippen LogP contribution in [-0.4, -0.2) is 70.8 Å². The van der Waals surface area contributed by atoms with Crippen molar-refractivity contribution in [3.63, 3.8) is 0 Å². The first-order chi connectivity index (χ1) is 18.2. The molecule has 2 heterocycles. The van der Waals surface area contributed by atoms with E-state index in [1.165, 1.54) is 50.8 Å². The standard InChI is InChI=1S/C31H51N5O2/c1-31(2,3)30-33-27(23-5-4-6-23)21-28(34-30)36-19-17-35(18-20-36)16-15-22-7-11-25(12-8-22)32-29(38)24-9-13-26(37)14-10-24/h21-26,37H,4-20H2,1-3H3,(H,32,38)/t22-,24-,25+,26-. The van der Waals surface area contributed by atoms with Gasteiger partial charge in [0.2, 0.25) is 5.91 Å². The van der Waals surface area contributed by atoms with Crippen LogP contribution >= 0.6 is 0 Å². The van der Waals surface area contributed by atoms with Crippen molar-refractivity contribution < 1.29 is 9.90 Å². The van der Waals surface area contributed by atoms with E-state index in [9.17, 15) is 9.90 Å². The molecule has 7 nitrogen and oxygen atoms in total. The van der Waals surface area contributed by atoms with Crippen LogP contribution in [-0.2, 0) is 10.2 Å². The lowest BCUT2D eigenvalue weighted by atomic mass is 9.82. The van der Waals surface area contributed by atoms with Crippen LogP contribution in [0, 0.1) is 11.8 Å². The second kappa shape index (κ2) is 12.2. The second-order valence-electron chi connectivity index (χ2n) is 13.7. The Kier molecular flexibility index (Phi) is 8.93. The molecule has 0 atom stereocenters. The topological polar surface area (TPSA) is 81.6 Å². The molecule has 7 heteroatoms. The molecule has 0 bridgehead atoms. The van der Waals surface area contributed by atoms with Gasteiger partial charge in [0.1, 0.15) is 11.6 Å². The fraction of sp³-hybridized carbons (Fsp3) is 0.839. The first kappa shape index (κ1) is 27.8. The third-order valence-corrected chi connectivity index (χ3v) is 9.74. The maximum Gasteiger partial charge on any atom is 0.223 e. The molecular weight excluding hydrogens is 474 g/mol. The van der Waals surface area contributed by atoms with Gasteiger partial charge in [-0.25, -0.2) is 9.97 Å². The summed E-state index contributed by atoms with van der Waals surface area (Å²) in [7, 11) is 0. The van der Waals surface area contributed by atoms with Gasteiger partial charge < -0.3 is 15.3 Å². The fourth-order valence-electron chi connectivity index (χ4n) is 6.68. The summed E-state index contributed by atoms with van der Waals surface area (Å²) in [5, 5.41) is 13.0. The number of hydrogen-bond donors (Lipinski definition) is 2. The molecule has 0 aromatic carbocycles. The SMILES string of the molecule is CC(C)(C)c1nc(C2CCC2)cc(N2CCN(CC[C@H]3CC[C@@H](NC(=O)[C@H]4CC[C@H](O)CC4)CC3)CC2)n1. The van der Waals surface area contributed by atoms with Crippen LogP contribution in [0.3, 0.4) is 0 Å². The average Bonchev–Trinajstić information content (AvgIpc) is 2.87. The van der Waals surface area contributed by atoms with Gasteiger partial charge in [-0.15, -0.1) is 0 Å². The normalized spacial score (nSPS) is 29.6. The maximum atomic E-state index is 12.6. The van der Waals surface area contributed by atoms with Crippen molar-refractivity contribution in [2.75, 3.05) is 37.6 Å². The molecule has 1 saturated heterocycles. The average molecular weight is 526 g/mol. The highest BCUT2D eigenvalue weighted by Crippen LogP contribution is 2.37. The molecular formula is C31H51N5O2. The summed E-state index contributed by atoms with van der Waals surface area (Å²) in [6.07, 6.45) is 12.9. The Morgan fingerprint density at radius 1 is 0.947 bits per heavy atom. The van der Waals surface area contributed by atoms with Gasteiger partial charge in [-0.3, -0.25) is 9.69 Å². The Labute approximate surface area is 230 Å². The van der Waals surface area contributed by atoms with Crippen LogP contribution in [0.2, 0.25) is 0 Å². The number of aliphatic hydroxyl groups excluding tert-OH is 1. The lowest BCUT2D eigenvalue weighted by molar-refractivity contribution is -0.127. The number of nitrogens with one attached hydrogen (secondary N) is 1. The van der Waals surface area contributed by atoms with Crippen molar-refractivity contribution in [3.05, 3.63) is 17.6 Å². The molecule has 212 valence electrons. The molecule has 1 aromatic heterocycles. The number of amides is 1. The Morgan fingerprint density at radius 2 is 1.63 bits per heavy atom. The van der Waals surface area contributed by atoms with Crippen molar-refractivity contribution >= 4 is 11.7 Å². The predicted octanol–water partition coefficient (Wildman–Crippen LogP) is 4.78. The number of aromatic nitrogens is 2. The third-order valence-electron chi connectivity index (χ3n) is 9.74. The number of nitrogens with zero attached hydrogens (tertiary/aromatic N) is 4. The monoisotopic (exact) mass is 525 g/mol. The number of hydrogen-bond acceptors (Lipinski definition) is 6. The third kappa shape index (κ3) is 7.07. The smallest absolute Gasteiger partial charge is 0.223 e. The predicted molar refractivity (Wildman–Crippen MR) is 152 cm³/mol. The molecule has 3 aliphatic carbocycles. The van der Waals surface area contributed by atoms with E-state index in [-0.39, 0.29) is 23.3 Å². The summed E-state index contributed by atoms with van der Waals surface area (Å²) in [6, 6.07) is 2.63. The fourth-order valence-corrected chi connectivity index (χ4v) is 6.68. The zero-order chi connectivity index (χ0) is 26.7. The molecule has 4 fully saturated rings. The number of aliphatic hydroxyl groups is 1. The highest BCUT2D eigenvalue weighted by molar-refractivity contribution is 5.79. The zero-order valence-electron chi connectivity index (χ0n) is 24.1. The van der Waals surface area contributed by atoms with Crippen LogP contribution in [0.1, 0.15) is 115 Å². The van der Waals surface area contributed by atoms with Gasteiger partial charge >= 0.3 is 0 Å². The Balaban J connectivity index is 1.04. The Morgan fingerprint density at radius 3 is 2.24 bits per heavy atom. The quantitative estimate of drug-likeness (QED) is 0.533. The molecule has 1 aromatic rings. The van der Waals surface area contributed by atoms with Gasteiger partial charge in [0.15, 0.2) is 0 Å². The number of carbonyl (C=O) groups is 1. The minimum absolute atomic E-state index is 0.0302. The van der Waals surface area contributed by atoms with Crippen molar-refractivity contribution in [2.45, 2.75) is 121 Å². The number of carbonyl (C=O) groups excluding carboxylic acids is 1. The van der Waals surface area contributed by atoms with Crippen molar-refractivity contribution in [3.8, 4) is 0 Å². The van der Waals surface area contributed by atoms with E-state index in [2.05, 4.69) is 42.0 Å². The minimum Gasteiger partial charge on any atom is -0.393 e. The number of piperazine rings is 1. The molecule has 0 spiro atoms. The van der Waals surface area contributed by atoms with Gasteiger partial charge in [0.25, 0.3) is 0 Å². The zero-order valence-corrected chi connectivity index (χ0v) is 24.1. The summed E-state index contributed by atoms with van der Waals surface area (Å²) in [5.74, 6) is 3.88. The molecule has 5 rings (SSSR count). The number of rotatable bonds is 7. The lowest BCUT2D eigenvalue weighted by Gasteiger charge is -2.37. The first-order valence-corrected chi connectivity index (χ1v) is 15.6. The van der Waals surface area contributed by atoms with E-state index in [1.807, 2.05) is 0 Å². The molecule has 0 unspecified atom stereocenters. The van der Waals surface area contributed by atoms with Gasteiger partial charge in [-0.2, -0.15) is 0 Å².